The molecule has 3 aromatic rings. The van der Waals surface area contributed by atoms with Crippen LogP contribution in [0.25, 0.3) is 11.7 Å². The van der Waals surface area contributed by atoms with E-state index in [1.807, 2.05) is 37.8 Å². The van der Waals surface area contributed by atoms with Crippen LogP contribution in [0.4, 0.5) is 17.3 Å². The van der Waals surface area contributed by atoms with Crippen LogP contribution in [0.3, 0.4) is 0 Å². The van der Waals surface area contributed by atoms with Gasteiger partial charge in [0.2, 0.25) is 23.4 Å². The summed E-state index contributed by atoms with van der Waals surface area (Å²) in [5.41, 5.74) is 2.44. The number of furan rings is 1. The molecule has 0 bridgehead atoms. The number of carbonyl (C=O) groups is 2. The molecule has 0 saturated carbocycles. The maximum atomic E-state index is 13.0. The van der Waals surface area contributed by atoms with Gasteiger partial charge in [0.05, 0.1) is 6.26 Å². The molecule has 0 aliphatic carbocycles. The summed E-state index contributed by atoms with van der Waals surface area (Å²) < 4.78 is 11.1. The van der Waals surface area contributed by atoms with Crippen molar-refractivity contribution >= 4 is 29.1 Å². The molecule has 9 heteroatoms. The van der Waals surface area contributed by atoms with Crippen molar-refractivity contribution in [2.24, 2.45) is 11.8 Å². The molecule has 2 aromatic heterocycles. The zero-order valence-electron chi connectivity index (χ0n) is 19.4. The molecule has 176 valence electrons. The van der Waals surface area contributed by atoms with Crippen LogP contribution in [-0.2, 0) is 9.59 Å². The number of aryl methyl sites for hydroxylation is 1. The Balaban J connectivity index is 1.39. The standard InChI is InChI=1S/C25H27N5O4/c1-15(2)22(31)27-18-7-6-16(3)19(13-18)28-23(32)17-8-10-30(11-9-17)25-20(14-26)29-24(34-25)21-5-4-12-33-21/h4-7,12-13,15,17H,8-11H2,1-3H3,(H,27,31)(H,28,32). The van der Waals surface area contributed by atoms with Crippen molar-refractivity contribution < 1.29 is 18.4 Å². The van der Waals surface area contributed by atoms with Gasteiger partial charge in [-0.25, -0.2) is 0 Å². The summed E-state index contributed by atoms with van der Waals surface area (Å²) in [6, 6.07) is 11.0. The minimum atomic E-state index is -0.178. The average Bonchev–Trinajstić information content (AvgIpc) is 3.51. The number of hydrogen-bond donors (Lipinski definition) is 2. The Hall–Kier alpha value is -4.06. The molecule has 1 fully saturated rings. The fraction of sp³-hybridized carbons (Fsp3) is 0.360. The van der Waals surface area contributed by atoms with Crippen LogP contribution in [0, 0.1) is 30.1 Å². The Bertz CT molecular complexity index is 1210. The summed E-state index contributed by atoms with van der Waals surface area (Å²) in [5.74, 6) is 0.665. The largest absolute Gasteiger partial charge is 0.459 e. The topological polar surface area (TPSA) is 124 Å². The lowest BCUT2D eigenvalue weighted by atomic mass is 9.95. The Morgan fingerprint density at radius 1 is 1.21 bits per heavy atom. The molecule has 0 radical (unpaired) electrons. The van der Waals surface area contributed by atoms with E-state index in [2.05, 4.69) is 21.7 Å². The zero-order chi connectivity index (χ0) is 24.2. The van der Waals surface area contributed by atoms with Crippen LogP contribution in [-0.4, -0.2) is 29.9 Å². The number of oxazole rings is 1. The van der Waals surface area contributed by atoms with Crippen LogP contribution >= 0.6 is 0 Å². The van der Waals surface area contributed by atoms with Gasteiger partial charge >= 0.3 is 0 Å². The van der Waals surface area contributed by atoms with Crippen molar-refractivity contribution in [2.45, 2.75) is 33.6 Å². The highest BCUT2D eigenvalue weighted by Crippen LogP contribution is 2.32. The van der Waals surface area contributed by atoms with Crippen molar-refractivity contribution in [1.82, 2.24) is 4.98 Å². The van der Waals surface area contributed by atoms with Crippen LogP contribution in [0.5, 0.6) is 0 Å². The van der Waals surface area contributed by atoms with E-state index in [0.717, 1.165) is 5.56 Å². The summed E-state index contributed by atoms with van der Waals surface area (Å²) in [6.45, 7) is 6.69. The molecule has 2 N–H and O–H groups in total. The van der Waals surface area contributed by atoms with E-state index >= 15 is 0 Å². The number of carbonyl (C=O) groups excluding carboxylic acids is 2. The summed E-state index contributed by atoms with van der Waals surface area (Å²) in [5, 5.41) is 15.4. The number of nitrogens with zero attached hydrogens (tertiary/aromatic N) is 3. The monoisotopic (exact) mass is 461 g/mol. The van der Waals surface area contributed by atoms with Gasteiger partial charge in [-0.05, 0) is 49.6 Å². The van der Waals surface area contributed by atoms with E-state index in [0.29, 0.717) is 49.0 Å². The lowest BCUT2D eigenvalue weighted by Gasteiger charge is -2.31. The number of anilines is 3. The van der Waals surface area contributed by atoms with Crippen molar-refractivity contribution in [1.29, 1.82) is 5.26 Å². The Morgan fingerprint density at radius 3 is 2.62 bits per heavy atom. The first-order valence-electron chi connectivity index (χ1n) is 11.3. The summed E-state index contributed by atoms with van der Waals surface area (Å²) in [7, 11) is 0. The van der Waals surface area contributed by atoms with Gasteiger partial charge in [-0.3, -0.25) is 9.59 Å². The van der Waals surface area contributed by atoms with Crippen molar-refractivity contribution in [3.63, 3.8) is 0 Å². The molecular formula is C25H27N5O4. The highest BCUT2D eigenvalue weighted by molar-refractivity contribution is 5.96. The number of nitrogens with one attached hydrogen (secondary N) is 2. The fourth-order valence-corrected chi connectivity index (χ4v) is 3.81. The molecule has 9 nitrogen and oxygen atoms in total. The Kier molecular flexibility index (Phi) is 6.68. The lowest BCUT2D eigenvalue weighted by Crippen LogP contribution is -2.38. The van der Waals surface area contributed by atoms with Gasteiger partial charge in [-0.15, -0.1) is 0 Å². The SMILES string of the molecule is Cc1ccc(NC(=O)C(C)C)cc1NC(=O)C1CCN(c2oc(-c3ccco3)nc2C#N)CC1. The number of amides is 2. The normalized spacial score (nSPS) is 14.1. The molecule has 2 amide bonds. The number of benzene rings is 1. The first-order valence-corrected chi connectivity index (χ1v) is 11.3. The van der Waals surface area contributed by atoms with Gasteiger partial charge in [0.25, 0.3) is 5.89 Å². The number of hydrogen-bond acceptors (Lipinski definition) is 7. The lowest BCUT2D eigenvalue weighted by molar-refractivity contribution is -0.120. The zero-order valence-corrected chi connectivity index (χ0v) is 19.4. The van der Waals surface area contributed by atoms with Gasteiger partial charge in [0.1, 0.15) is 6.07 Å². The maximum Gasteiger partial charge on any atom is 0.266 e. The molecule has 0 spiro atoms. The number of aromatic nitrogens is 1. The molecule has 0 unspecified atom stereocenters. The van der Waals surface area contributed by atoms with Crippen molar-refractivity contribution in [2.75, 3.05) is 28.6 Å². The van der Waals surface area contributed by atoms with Gasteiger partial charge in [0.15, 0.2) is 5.76 Å². The first kappa shape index (κ1) is 23.1. The number of nitriles is 1. The smallest absolute Gasteiger partial charge is 0.266 e. The molecule has 3 heterocycles. The third-order valence-electron chi connectivity index (χ3n) is 5.89. The quantitative estimate of drug-likeness (QED) is 0.551. The average molecular weight is 462 g/mol. The minimum absolute atomic E-state index is 0.0653. The van der Waals surface area contributed by atoms with Gasteiger partial charge in [-0.2, -0.15) is 10.2 Å². The Morgan fingerprint density at radius 2 is 1.97 bits per heavy atom. The van der Waals surface area contributed by atoms with E-state index in [4.69, 9.17) is 8.83 Å². The molecule has 1 aliphatic rings. The predicted octanol–water partition coefficient (Wildman–Crippen LogP) is 4.56. The number of rotatable bonds is 6. The fourth-order valence-electron chi connectivity index (χ4n) is 3.81. The van der Waals surface area contributed by atoms with Crippen molar-refractivity contribution in [3.05, 3.63) is 47.9 Å². The second-order valence-electron chi connectivity index (χ2n) is 8.69. The predicted molar refractivity (Wildman–Crippen MR) is 127 cm³/mol. The van der Waals surface area contributed by atoms with Gasteiger partial charge in [-0.1, -0.05) is 19.9 Å². The highest BCUT2D eigenvalue weighted by atomic mass is 16.4. The van der Waals surface area contributed by atoms with E-state index in [-0.39, 0.29) is 35.2 Å². The maximum absolute atomic E-state index is 13.0. The van der Waals surface area contributed by atoms with E-state index in [1.54, 1.807) is 18.2 Å². The summed E-state index contributed by atoms with van der Waals surface area (Å²) >= 11 is 0. The molecule has 0 atom stereocenters. The van der Waals surface area contributed by atoms with Gasteiger partial charge < -0.3 is 24.4 Å². The second kappa shape index (κ2) is 9.83. The third-order valence-corrected chi connectivity index (χ3v) is 5.89. The van der Waals surface area contributed by atoms with E-state index < -0.39 is 0 Å². The van der Waals surface area contributed by atoms with Crippen LogP contribution in [0.2, 0.25) is 0 Å². The van der Waals surface area contributed by atoms with Crippen molar-refractivity contribution in [3.8, 4) is 17.7 Å². The molecule has 34 heavy (non-hydrogen) atoms. The van der Waals surface area contributed by atoms with Crippen LogP contribution < -0.4 is 15.5 Å². The summed E-state index contributed by atoms with van der Waals surface area (Å²) in [6.07, 6.45) is 2.73. The Labute approximate surface area is 197 Å². The molecule has 1 aliphatic heterocycles. The number of piperidine rings is 1. The van der Waals surface area contributed by atoms with Gasteiger partial charge in [0, 0.05) is 36.3 Å². The van der Waals surface area contributed by atoms with Crippen LogP contribution in [0.15, 0.2) is 45.4 Å². The van der Waals surface area contributed by atoms with E-state index in [9.17, 15) is 14.9 Å². The highest BCUT2D eigenvalue weighted by Gasteiger charge is 2.29. The summed E-state index contributed by atoms with van der Waals surface area (Å²) in [4.78, 5) is 31.1. The van der Waals surface area contributed by atoms with E-state index in [1.165, 1.54) is 6.26 Å². The van der Waals surface area contributed by atoms with Crippen LogP contribution in [0.1, 0.15) is 37.9 Å². The third kappa shape index (κ3) is 4.96. The minimum Gasteiger partial charge on any atom is -0.459 e. The molecule has 1 aromatic carbocycles. The molecule has 1 saturated heterocycles. The first-order chi connectivity index (χ1) is 16.4. The molecular weight excluding hydrogens is 434 g/mol. The second-order valence-corrected chi connectivity index (χ2v) is 8.69. The molecule has 4 rings (SSSR count).